The van der Waals surface area contributed by atoms with E-state index < -0.39 is 29.3 Å². The summed E-state index contributed by atoms with van der Waals surface area (Å²) in [5, 5.41) is 18.5. The van der Waals surface area contributed by atoms with Crippen LogP contribution in [0.25, 0.3) is 0 Å². The second-order valence-electron chi connectivity index (χ2n) is 5.79. The molecule has 0 aliphatic heterocycles. The number of methoxy groups -OCH3 is 2. The van der Waals surface area contributed by atoms with Gasteiger partial charge in [-0.1, -0.05) is 12.1 Å². The van der Waals surface area contributed by atoms with Crippen molar-refractivity contribution in [3.05, 3.63) is 23.8 Å². The maximum Gasteiger partial charge on any atom is 0.324 e. The average molecular weight is 323 g/mol. The fourth-order valence-corrected chi connectivity index (χ4v) is 2.98. The first-order chi connectivity index (χ1) is 10.8. The molecule has 1 aliphatic carbocycles. The van der Waals surface area contributed by atoms with Gasteiger partial charge in [0.15, 0.2) is 11.5 Å². The number of nitrogens with two attached hydrogens (primary N) is 1. The lowest BCUT2D eigenvalue weighted by atomic mass is 9.86. The number of aryl methyl sites for hydroxylation is 1. The number of rotatable bonds is 8. The topological polar surface area (TPSA) is 119 Å². The molecule has 0 heterocycles. The van der Waals surface area contributed by atoms with Crippen molar-refractivity contribution in [2.24, 2.45) is 17.6 Å². The van der Waals surface area contributed by atoms with Crippen LogP contribution in [0.2, 0.25) is 0 Å². The van der Waals surface area contributed by atoms with Gasteiger partial charge in [-0.2, -0.15) is 0 Å². The molecule has 4 N–H and O–H groups in total. The highest BCUT2D eigenvalue weighted by Crippen LogP contribution is 2.47. The van der Waals surface area contributed by atoms with Crippen LogP contribution in [-0.4, -0.2) is 41.9 Å². The Balaban J connectivity index is 2.18. The SMILES string of the molecule is COc1cccc(CCC(N)(C(=O)O)C2CC2C(=O)O)c1OC. The maximum absolute atomic E-state index is 11.6. The Bertz CT molecular complexity index is 617. The molecule has 23 heavy (non-hydrogen) atoms. The highest BCUT2D eigenvalue weighted by molar-refractivity contribution is 5.83. The molecular formula is C16H21NO6. The zero-order valence-electron chi connectivity index (χ0n) is 13.1. The largest absolute Gasteiger partial charge is 0.493 e. The van der Waals surface area contributed by atoms with Crippen molar-refractivity contribution >= 4 is 11.9 Å². The van der Waals surface area contributed by atoms with Crippen LogP contribution in [0.4, 0.5) is 0 Å². The Hall–Kier alpha value is -2.28. The van der Waals surface area contributed by atoms with E-state index >= 15 is 0 Å². The lowest BCUT2D eigenvalue weighted by Gasteiger charge is -2.25. The van der Waals surface area contributed by atoms with Gasteiger partial charge >= 0.3 is 11.9 Å². The fourth-order valence-electron chi connectivity index (χ4n) is 2.98. The number of carbonyl (C=O) groups is 2. The van der Waals surface area contributed by atoms with E-state index in [1.807, 2.05) is 6.07 Å². The number of hydrogen-bond acceptors (Lipinski definition) is 5. The van der Waals surface area contributed by atoms with E-state index in [1.54, 1.807) is 12.1 Å². The van der Waals surface area contributed by atoms with Gasteiger partial charge in [0.05, 0.1) is 20.1 Å². The van der Waals surface area contributed by atoms with E-state index in [2.05, 4.69) is 0 Å². The van der Waals surface area contributed by atoms with Gasteiger partial charge in [-0.15, -0.1) is 0 Å². The van der Waals surface area contributed by atoms with Crippen molar-refractivity contribution in [2.75, 3.05) is 14.2 Å². The number of hydrogen-bond donors (Lipinski definition) is 3. The van der Waals surface area contributed by atoms with Crippen molar-refractivity contribution in [1.82, 2.24) is 0 Å². The van der Waals surface area contributed by atoms with Gasteiger partial charge in [0.2, 0.25) is 0 Å². The van der Waals surface area contributed by atoms with Gasteiger partial charge in [-0.3, -0.25) is 9.59 Å². The molecule has 0 bridgehead atoms. The second kappa shape index (κ2) is 6.45. The molecule has 3 atom stereocenters. The summed E-state index contributed by atoms with van der Waals surface area (Å²) >= 11 is 0. The number of ether oxygens (including phenoxy) is 2. The van der Waals surface area contributed by atoms with E-state index in [0.717, 1.165) is 5.56 Å². The van der Waals surface area contributed by atoms with Gasteiger partial charge in [0.25, 0.3) is 0 Å². The molecule has 1 aromatic carbocycles. The zero-order valence-corrected chi connectivity index (χ0v) is 13.1. The molecule has 7 heteroatoms. The normalized spacial score (nSPS) is 22.0. The standard InChI is InChI=1S/C16H21NO6/c1-22-12-5-3-4-9(13(12)23-2)6-7-16(17,15(20)21)11-8-10(11)14(18)19/h3-5,10-11H,6-8,17H2,1-2H3,(H,18,19)(H,20,21). The first-order valence-corrected chi connectivity index (χ1v) is 7.30. The number of carboxylic acid groups (broad SMARTS) is 2. The smallest absolute Gasteiger partial charge is 0.324 e. The third-order valence-corrected chi connectivity index (χ3v) is 4.46. The lowest BCUT2D eigenvalue weighted by molar-refractivity contribution is -0.145. The van der Waals surface area contributed by atoms with E-state index in [4.69, 9.17) is 20.3 Å². The number of para-hydroxylation sites is 1. The number of aliphatic carboxylic acids is 2. The first kappa shape index (κ1) is 17.1. The van der Waals surface area contributed by atoms with Crippen molar-refractivity contribution < 1.29 is 29.3 Å². The van der Waals surface area contributed by atoms with Crippen LogP contribution in [0.3, 0.4) is 0 Å². The summed E-state index contributed by atoms with van der Waals surface area (Å²) < 4.78 is 10.5. The quantitative estimate of drug-likeness (QED) is 0.656. The minimum atomic E-state index is -1.56. The summed E-state index contributed by atoms with van der Waals surface area (Å²) in [4.78, 5) is 22.6. The summed E-state index contributed by atoms with van der Waals surface area (Å²) in [5.41, 5.74) is 5.26. The Morgan fingerprint density at radius 2 is 2.00 bits per heavy atom. The summed E-state index contributed by atoms with van der Waals surface area (Å²) in [6, 6.07) is 5.34. The molecule has 2 rings (SSSR count). The van der Waals surface area contributed by atoms with E-state index in [1.165, 1.54) is 14.2 Å². The van der Waals surface area contributed by atoms with E-state index in [-0.39, 0.29) is 6.42 Å². The predicted octanol–water partition coefficient (Wildman–Crippen LogP) is 1.14. The summed E-state index contributed by atoms with van der Waals surface area (Å²) in [6.45, 7) is 0. The molecule has 0 amide bonds. The maximum atomic E-state index is 11.6. The number of carboxylic acids is 2. The summed E-state index contributed by atoms with van der Waals surface area (Å²) in [7, 11) is 3.03. The van der Waals surface area contributed by atoms with Gasteiger partial charge in [0, 0.05) is 5.92 Å². The summed E-state index contributed by atoms with van der Waals surface area (Å²) in [6.07, 6.45) is 0.777. The van der Waals surface area contributed by atoms with Gasteiger partial charge in [-0.05, 0) is 30.9 Å². The first-order valence-electron chi connectivity index (χ1n) is 7.30. The molecule has 0 aromatic heterocycles. The van der Waals surface area contributed by atoms with Crippen LogP contribution in [0.1, 0.15) is 18.4 Å². The van der Waals surface area contributed by atoms with Gasteiger partial charge in [0.1, 0.15) is 5.54 Å². The monoisotopic (exact) mass is 323 g/mol. The predicted molar refractivity (Wildman–Crippen MR) is 81.7 cm³/mol. The van der Waals surface area contributed by atoms with Gasteiger partial charge in [-0.25, -0.2) is 0 Å². The molecule has 1 aliphatic rings. The van der Waals surface area contributed by atoms with E-state index in [9.17, 15) is 14.7 Å². The average Bonchev–Trinajstić information content (AvgIpc) is 3.33. The van der Waals surface area contributed by atoms with Crippen LogP contribution in [0, 0.1) is 11.8 Å². The molecule has 126 valence electrons. The van der Waals surface area contributed by atoms with Gasteiger partial charge < -0.3 is 25.4 Å². The molecule has 1 saturated carbocycles. The molecule has 3 unspecified atom stereocenters. The molecule has 7 nitrogen and oxygen atoms in total. The minimum Gasteiger partial charge on any atom is -0.493 e. The fraction of sp³-hybridized carbons (Fsp3) is 0.500. The second-order valence-corrected chi connectivity index (χ2v) is 5.79. The van der Waals surface area contributed by atoms with Crippen LogP contribution in [0.5, 0.6) is 11.5 Å². The Labute approximate surface area is 134 Å². The lowest BCUT2D eigenvalue weighted by Crippen LogP contribution is -2.51. The van der Waals surface area contributed by atoms with Crippen molar-refractivity contribution in [2.45, 2.75) is 24.8 Å². The summed E-state index contributed by atoms with van der Waals surface area (Å²) in [5.74, 6) is -2.30. The van der Waals surface area contributed by atoms with Crippen molar-refractivity contribution in [3.8, 4) is 11.5 Å². The third-order valence-electron chi connectivity index (χ3n) is 4.46. The Kier molecular flexibility index (Phi) is 4.79. The molecular weight excluding hydrogens is 302 g/mol. The third kappa shape index (κ3) is 3.24. The molecule has 0 saturated heterocycles. The molecule has 1 aromatic rings. The Morgan fingerprint density at radius 1 is 1.30 bits per heavy atom. The van der Waals surface area contributed by atoms with E-state index in [0.29, 0.717) is 24.3 Å². The molecule has 0 spiro atoms. The van der Waals surface area contributed by atoms with Crippen LogP contribution in [-0.2, 0) is 16.0 Å². The van der Waals surface area contributed by atoms with Crippen LogP contribution in [0.15, 0.2) is 18.2 Å². The van der Waals surface area contributed by atoms with Crippen LogP contribution >= 0.6 is 0 Å². The number of benzene rings is 1. The molecule has 0 radical (unpaired) electrons. The molecule has 1 fully saturated rings. The Morgan fingerprint density at radius 3 is 2.48 bits per heavy atom. The highest BCUT2D eigenvalue weighted by Gasteiger charge is 2.58. The minimum absolute atomic E-state index is 0.125. The van der Waals surface area contributed by atoms with Crippen molar-refractivity contribution in [1.29, 1.82) is 0 Å². The zero-order chi connectivity index (χ0) is 17.2. The van der Waals surface area contributed by atoms with Crippen molar-refractivity contribution in [3.63, 3.8) is 0 Å². The van der Waals surface area contributed by atoms with Crippen LogP contribution < -0.4 is 15.2 Å². The highest BCUT2D eigenvalue weighted by atomic mass is 16.5.